The Balaban J connectivity index is 0.992. The topological polar surface area (TPSA) is 64.7 Å². The van der Waals surface area contributed by atoms with E-state index in [1.54, 1.807) is 0 Å². The molecule has 0 bridgehead atoms. The zero-order chi connectivity index (χ0) is 37.7. The van der Waals surface area contributed by atoms with Crippen LogP contribution in [0.4, 0.5) is 0 Å². The first-order valence-electron chi connectivity index (χ1n) is 19.0. The van der Waals surface area contributed by atoms with E-state index in [0.717, 1.165) is 93.8 Å². The van der Waals surface area contributed by atoms with Crippen LogP contribution in [0.5, 0.6) is 0 Å². The van der Waals surface area contributed by atoms with Crippen molar-refractivity contribution in [3.05, 3.63) is 194 Å². The first-order valence-corrected chi connectivity index (χ1v) is 19.0. The molecule has 0 atom stereocenters. The average Bonchev–Trinajstić information content (AvgIpc) is 3.68. The summed E-state index contributed by atoms with van der Waals surface area (Å²) in [6.07, 6.45) is 0. The van der Waals surface area contributed by atoms with Gasteiger partial charge in [0.25, 0.3) is 0 Å². The van der Waals surface area contributed by atoms with E-state index < -0.39 is 0 Å². The predicted octanol–water partition coefficient (Wildman–Crippen LogP) is 13.5. The van der Waals surface area contributed by atoms with E-state index in [1.807, 2.05) is 66.7 Å². The molecule has 5 nitrogen and oxygen atoms in total. The third-order valence-corrected chi connectivity index (χ3v) is 10.7. The Morgan fingerprint density at radius 1 is 0.281 bits per heavy atom. The number of aromatic nitrogens is 4. The van der Waals surface area contributed by atoms with Gasteiger partial charge in [-0.2, -0.15) is 0 Å². The zero-order valence-corrected chi connectivity index (χ0v) is 30.7. The second-order valence-electron chi connectivity index (χ2n) is 14.2. The van der Waals surface area contributed by atoms with Crippen LogP contribution in [0.2, 0.25) is 0 Å². The van der Waals surface area contributed by atoms with Crippen LogP contribution >= 0.6 is 0 Å². The zero-order valence-electron chi connectivity index (χ0n) is 30.7. The Bertz CT molecular complexity index is 3210. The van der Waals surface area contributed by atoms with E-state index >= 15 is 0 Å². The number of hydrogen-bond acceptors (Lipinski definition) is 5. The van der Waals surface area contributed by atoms with Crippen molar-refractivity contribution >= 4 is 43.6 Å². The van der Waals surface area contributed by atoms with Crippen molar-refractivity contribution in [2.45, 2.75) is 0 Å². The highest BCUT2D eigenvalue weighted by molar-refractivity contribution is 6.28. The van der Waals surface area contributed by atoms with E-state index in [9.17, 15) is 0 Å². The molecule has 0 aliphatic heterocycles. The minimum Gasteiger partial charge on any atom is -0.456 e. The van der Waals surface area contributed by atoms with Crippen LogP contribution < -0.4 is 0 Å². The lowest BCUT2D eigenvalue weighted by atomic mass is 9.94. The molecule has 0 amide bonds. The molecule has 0 aliphatic carbocycles. The van der Waals surface area contributed by atoms with Gasteiger partial charge in [-0.05, 0) is 58.7 Å². The number of para-hydroxylation sites is 1. The van der Waals surface area contributed by atoms with Gasteiger partial charge in [0.2, 0.25) is 0 Å². The lowest BCUT2D eigenvalue weighted by Gasteiger charge is -2.11. The van der Waals surface area contributed by atoms with Gasteiger partial charge in [-0.25, -0.2) is 19.9 Å². The monoisotopic (exact) mass is 728 g/mol. The Labute approximate surface area is 328 Å². The molecule has 3 heterocycles. The molecule has 0 saturated carbocycles. The summed E-state index contributed by atoms with van der Waals surface area (Å²) in [4.78, 5) is 19.9. The van der Waals surface area contributed by atoms with Gasteiger partial charge in [0, 0.05) is 49.2 Å². The van der Waals surface area contributed by atoms with Crippen LogP contribution in [0.15, 0.2) is 199 Å². The Hall–Kier alpha value is -7.76. The summed E-state index contributed by atoms with van der Waals surface area (Å²) in [5, 5.41) is 5.57. The molecule has 0 saturated heterocycles. The average molecular weight is 729 g/mol. The number of rotatable bonds is 6. The lowest BCUT2D eigenvalue weighted by molar-refractivity contribution is 0.669. The fraction of sp³-hybridized carbons (Fsp3) is 0. The Morgan fingerprint density at radius 3 is 1.44 bits per heavy atom. The number of pyridine rings is 1. The van der Waals surface area contributed by atoms with Gasteiger partial charge in [0.1, 0.15) is 11.2 Å². The third kappa shape index (κ3) is 5.81. The van der Waals surface area contributed by atoms with Crippen molar-refractivity contribution in [3.8, 4) is 67.7 Å². The van der Waals surface area contributed by atoms with Crippen molar-refractivity contribution in [1.82, 2.24) is 19.9 Å². The minimum absolute atomic E-state index is 0.635. The van der Waals surface area contributed by atoms with Crippen LogP contribution in [0.1, 0.15) is 0 Å². The predicted molar refractivity (Wildman–Crippen MR) is 233 cm³/mol. The van der Waals surface area contributed by atoms with E-state index in [1.165, 1.54) is 0 Å². The number of nitrogens with zero attached hydrogens (tertiary/aromatic N) is 4. The number of hydrogen-bond donors (Lipinski definition) is 0. The summed E-state index contributed by atoms with van der Waals surface area (Å²) in [5.74, 6) is 1.93. The van der Waals surface area contributed by atoms with Gasteiger partial charge in [-0.15, -0.1) is 0 Å². The summed E-state index contributed by atoms with van der Waals surface area (Å²) in [5.41, 5.74) is 12.0. The van der Waals surface area contributed by atoms with Crippen LogP contribution in [-0.2, 0) is 0 Å². The van der Waals surface area contributed by atoms with Crippen molar-refractivity contribution in [2.24, 2.45) is 0 Å². The van der Waals surface area contributed by atoms with Crippen molar-refractivity contribution in [2.75, 3.05) is 0 Å². The molecule has 3 aromatic heterocycles. The molecule has 0 aliphatic rings. The minimum atomic E-state index is 0.635. The maximum Gasteiger partial charge on any atom is 0.164 e. The van der Waals surface area contributed by atoms with Gasteiger partial charge < -0.3 is 4.42 Å². The van der Waals surface area contributed by atoms with E-state index in [0.29, 0.717) is 17.5 Å². The van der Waals surface area contributed by atoms with Crippen LogP contribution in [0, 0.1) is 0 Å². The molecule has 0 unspecified atom stereocenters. The van der Waals surface area contributed by atoms with Crippen LogP contribution in [0.25, 0.3) is 111 Å². The summed E-state index contributed by atoms with van der Waals surface area (Å²) in [6.45, 7) is 0. The molecule has 0 N–H and O–H groups in total. The summed E-state index contributed by atoms with van der Waals surface area (Å²) < 4.78 is 6.52. The van der Waals surface area contributed by atoms with Gasteiger partial charge in [0.15, 0.2) is 17.5 Å². The molecular formula is C52H32N4O. The second kappa shape index (κ2) is 13.5. The number of furan rings is 1. The fourth-order valence-electron chi connectivity index (χ4n) is 7.93. The highest BCUT2D eigenvalue weighted by Gasteiger charge is 2.18. The molecule has 5 heteroatoms. The Morgan fingerprint density at radius 2 is 0.772 bits per heavy atom. The maximum atomic E-state index is 6.52. The standard InChI is InChI=1S/C52H32N4O/c1-4-13-34(14-5-1)49-42-28-30-46-48(47(42)41-21-10-11-22-44(41)53-49)43-32-40(27-29-45(43)57-46)39-20-12-19-38(31-39)33-23-25-37(26-24-33)52-55-50(35-15-6-2-7-16-35)54-51(56-52)36-17-8-3-9-18-36/h1-32H. The fourth-order valence-corrected chi connectivity index (χ4v) is 7.93. The smallest absolute Gasteiger partial charge is 0.164 e. The summed E-state index contributed by atoms with van der Waals surface area (Å²) >= 11 is 0. The Kier molecular flexibility index (Phi) is 7.74. The first kappa shape index (κ1) is 32.7. The van der Waals surface area contributed by atoms with Gasteiger partial charge in [-0.1, -0.05) is 158 Å². The molecule has 11 aromatic rings. The highest BCUT2D eigenvalue weighted by Crippen LogP contribution is 2.42. The molecule has 0 fully saturated rings. The maximum absolute atomic E-state index is 6.52. The largest absolute Gasteiger partial charge is 0.456 e. The molecule has 0 spiro atoms. The van der Waals surface area contributed by atoms with E-state index in [-0.39, 0.29) is 0 Å². The van der Waals surface area contributed by atoms with Crippen LogP contribution in [0.3, 0.4) is 0 Å². The molecule has 266 valence electrons. The normalized spacial score (nSPS) is 11.5. The molecular weight excluding hydrogens is 697 g/mol. The molecule has 11 rings (SSSR count). The molecule has 0 radical (unpaired) electrons. The van der Waals surface area contributed by atoms with Crippen molar-refractivity contribution < 1.29 is 4.42 Å². The summed E-state index contributed by atoms with van der Waals surface area (Å²) in [6, 6.07) is 66.9. The number of benzene rings is 8. The van der Waals surface area contributed by atoms with Gasteiger partial charge >= 0.3 is 0 Å². The SMILES string of the molecule is c1ccc(-c2nc(-c3ccccc3)nc(-c3ccc(-c4cccc(-c5ccc6oc7ccc8c(-c9ccccc9)nc9ccccc9c8c7c6c5)c4)cc3)n2)cc1. The van der Waals surface area contributed by atoms with E-state index in [4.69, 9.17) is 24.4 Å². The summed E-state index contributed by atoms with van der Waals surface area (Å²) in [7, 11) is 0. The third-order valence-electron chi connectivity index (χ3n) is 10.7. The first-order chi connectivity index (χ1) is 28.2. The number of fused-ring (bicyclic) bond motifs is 7. The van der Waals surface area contributed by atoms with Crippen LogP contribution in [-0.4, -0.2) is 19.9 Å². The molecule has 57 heavy (non-hydrogen) atoms. The van der Waals surface area contributed by atoms with Crippen molar-refractivity contribution in [3.63, 3.8) is 0 Å². The van der Waals surface area contributed by atoms with Gasteiger partial charge in [-0.3, -0.25) is 0 Å². The molecule has 8 aromatic carbocycles. The van der Waals surface area contributed by atoms with Crippen molar-refractivity contribution in [1.29, 1.82) is 0 Å². The quantitative estimate of drug-likeness (QED) is 0.160. The highest BCUT2D eigenvalue weighted by atomic mass is 16.3. The second-order valence-corrected chi connectivity index (χ2v) is 14.2. The van der Waals surface area contributed by atoms with E-state index in [2.05, 4.69) is 127 Å². The lowest BCUT2D eigenvalue weighted by Crippen LogP contribution is -2.00. The van der Waals surface area contributed by atoms with Gasteiger partial charge in [0.05, 0.1) is 11.2 Å².